The van der Waals surface area contributed by atoms with Crippen LogP contribution in [0.15, 0.2) is 52.3 Å². The van der Waals surface area contributed by atoms with Crippen LogP contribution in [-0.4, -0.2) is 8.42 Å². The van der Waals surface area contributed by atoms with E-state index in [-0.39, 0.29) is 5.92 Å². The molecule has 2 bridgehead atoms. The van der Waals surface area contributed by atoms with Crippen LogP contribution in [0.3, 0.4) is 0 Å². The number of rotatable bonds is 2. The summed E-state index contributed by atoms with van der Waals surface area (Å²) < 4.78 is 25.2. The summed E-state index contributed by atoms with van der Waals surface area (Å²) in [5.41, 5.74) is 1.08. The molecule has 0 saturated heterocycles. The predicted molar refractivity (Wildman–Crippen MR) is 71.8 cm³/mol. The molecule has 3 aliphatic carbocycles. The first-order chi connectivity index (χ1) is 8.57. The molecule has 0 fully saturated rings. The molecule has 0 radical (unpaired) electrons. The van der Waals surface area contributed by atoms with Gasteiger partial charge >= 0.3 is 0 Å². The fraction of sp³-hybridized carbons (Fsp3) is 0.333. The third-order valence-electron chi connectivity index (χ3n) is 3.79. The van der Waals surface area contributed by atoms with Crippen LogP contribution in [-0.2, 0) is 9.84 Å². The van der Waals surface area contributed by atoms with Crippen molar-refractivity contribution < 1.29 is 8.42 Å². The summed E-state index contributed by atoms with van der Waals surface area (Å²) in [6, 6.07) is 7.11. The summed E-state index contributed by atoms with van der Waals surface area (Å²) in [6.07, 6.45) is 8.15. The van der Waals surface area contributed by atoms with Gasteiger partial charge in [-0.15, -0.1) is 0 Å². The van der Waals surface area contributed by atoms with Gasteiger partial charge in [-0.05, 0) is 37.8 Å². The monoisotopic (exact) mass is 260 g/mol. The highest BCUT2D eigenvalue weighted by Gasteiger charge is 2.33. The molecule has 0 saturated carbocycles. The average molecular weight is 260 g/mol. The molecule has 3 heteroatoms. The number of aryl methyl sites for hydroxylation is 1. The maximum atomic E-state index is 12.6. The minimum atomic E-state index is -3.30. The van der Waals surface area contributed by atoms with Crippen LogP contribution < -0.4 is 0 Å². The van der Waals surface area contributed by atoms with E-state index >= 15 is 0 Å². The third-order valence-corrected chi connectivity index (χ3v) is 5.74. The number of fused-ring (bicyclic) bond motifs is 1. The summed E-state index contributed by atoms with van der Waals surface area (Å²) in [5, 5.41) is 0. The van der Waals surface area contributed by atoms with Crippen LogP contribution in [0.2, 0.25) is 0 Å². The Morgan fingerprint density at radius 1 is 1.06 bits per heavy atom. The molecule has 0 amide bonds. The average Bonchev–Trinajstić information content (AvgIpc) is 2.40. The Morgan fingerprint density at radius 2 is 1.78 bits per heavy atom. The van der Waals surface area contributed by atoms with Crippen molar-refractivity contribution in [3.05, 3.63) is 53.0 Å². The molecule has 0 N–H and O–H groups in total. The maximum absolute atomic E-state index is 12.6. The molecule has 1 aromatic carbocycles. The number of hydrogen-bond donors (Lipinski definition) is 0. The molecule has 0 spiro atoms. The Bertz CT molecular complexity index is 621. The smallest absolute Gasteiger partial charge is 0.203 e. The normalized spacial score (nSPS) is 26.2. The van der Waals surface area contributed by atoms with Gasteiger partial charge in [-0.1, -0.05) is 35.9 Å². The molecule has 0 aliphatic heterocycles. The molecule has 18 heavy (non-hydrogen) atoms. The zero-order valence-electron chi connectivity index (χ0n) is 10.3. The Hall–Kier alpha value is -1.35. The molecule has 1 aromatic rings. The highest BCUT2D eigenvalue weighted by molar-refractivity contribution is 7.95. The van der Waals surface area contributed by atoms with Gasteiger partial charge in [-0.25, -0.2) is 8.42 Å². The van der Waals surface area contributed by atoms with E-state index in [2.05, 4.69) is 12.2 Å². The van der Waals surface area contributed by atoms with Gasteiger partial charge in [-0.3, -0.25) is 0 Å². The Labute approximate surface area is 108 Å². The Morgan fingerprint density at radius 3 is 2.28 bits per heavy atom. The molecule has 0 heterocycles. The fourth-order valence-corrected chi connectivity index (χ4v) is 4.41. The minimum absolute atomic E-state index is 0.0845. The van der Waals surface area contributed by atoms with E-state index in [1.165, 1.54) is 0 Å². The van der Waals surface area contributed by atoms with Crippen molar-refractivity contribution >= 4 is 9.84 Å². The Balaban J connectivity index is 2.04. The van der Waals surface area contributed by atoms with E-state index in [9.17, 15) is 8.42 Å². The van der Waals surface area contributed by atoms with E-state index in [4.69, 9.17) is 0 Å². The standard InChI is InChI=1S/C15H16O2S/c1-11-2-8-14(9-3-11)18(16,17)15-10-12-4-6-13(15)7-5-12/h2-4,6,8-10,12-13H,5,7H2,1H3/t12-,13+/m1/s1. The van der Waals surface area contributed by atoms with E-state index in [1.54, 1.807) is 12.1 Å². The summed E-state index contributed by atoms with van der Waals surface area (Å²) in [5.74, 6) is 0.395. The molecule has 0 unspecified atom stereocenters. The Kier molecular flexibility index (Phi) is 2.67. The number of sulfone groups is 1. The van der Waals surface area contributed by atoms with Crippen LogP contribution in [0.4, 0.5) is 0 Å². The molecule has 94 valence electrons. The summed E-state index contributed by atoms with van der Waals surface area (Å²) in [7, 11) is -3.30. The van der Waals surface area contributed by atoms with Gasteiger partial charge in [0.1, 0.15) is 0 Å². The molecular formula is C15H16O2S. The lowest BCUT2D eigenvalue weighted by Crippen LogP contribution is -2.22. The largest absolute Gasteiger partial charge is 0.219 e. The molecule has 2 nitrogen and oxygen atoms in total. The van der Waals surface area contributed by atoms with Crippen LogP contribution in [0.1, 0.15) is 18.4 Å². The second kappa shape index (κ2) is 4.09. The van der Waals surface area contributed by atoms with Crippen molar-refractivity contribution in [3.8, 4) is 0 Å². The summed E-state index contributed by atoms with van der Waals surface area (Å²) in [4.78, 5) is 1.02. The SMILES string of the molecule is Cc1ccc(S(=O)(=O)C2=C[C@@H]3C=C[C@H]2CC3)cc1. The van der Waals surface area contributed by atoms with E-state index in [0.717, 1.165) is 18.4 Å². The number of hydrogen-bond acceptors (Lipinski definition) is 2. The van der Waals surface area contributed by atoms with E-state index < -0.39 is 9.84 Å². The molecular weight excluding hydrogens is 244 g/mol. The predicted octanol–water partition coefficient (Wildman–Crippen LogP) is 3.25. The van der Waals surface area contributed by atoms with Crippen molar-refractivity contribution in [2.75, 3.05) is 0 Å². The topological polar surface area (TPSA) is 34.1 Å². The first kappa shape index (κ1) is 11.7. The van der Waals surface area contributed by atoms with Gasteiger partial charge < -0.3 is 0 Å². The zero-order valence-corrected chi connectivity index (χ0v) is 11.2. The highest BCUT2D eigenvalue weighted by Crippen LogP contribution is 2.40. The molecule has 3 aliphatic rings. The number of benzene rings is 1. The number of allylic oxidation sites excluding steroid dienone is 4. The van der Waals surface area contributed by atoms with Crippen LogP contribution in [0.5, 0.6) is 0 Å². The van der Waals surface area contributed by atoms with Crippen molar-refractivity contribution in [2.45, 2.75) is 24.7 Å². The van der Waals surface area contributed by atoms with Crippen LogP contribution in [0.25, 0.3) is 0 Å². The lowest BCUT2D eigenvalue weighted by Gasteiger charge is -2.30. The summed E-state index contributed by atoms with van der Waals surface area (Å²) >= 11 is 0. The lowest BCUT2D eigenvalue weighted by atomic mass is 9.82. The van der Waals surface area contributed by atoms with Gasteiger partial charge in [0, 0.05) is 5.92 Å². The van der Waals surface area contributed by atoms with Gasteiger partial charge in [-0.2, -0.15) is 0 Å². The first-order valence-corrected chi connectivity index (χ1v) is 7.77. The fourth-order valence-electron chi connectivity index (χ4n) is 2.69. The van der Waals surface area contributed by atoms with Gasteiger partial charge in [0.05, 0.1) is 9.80 Å². The van der Waals surface area contributed by atoms with Crippen molar-refractivity contribution in [2.24, 2.45) is 11.8 Å². The van der Waals surface area contributed by atoms with E-state index in [1.807, 2.05) is 25.1 Å². The second-order valence-corrected chi connectivity index (χ2v) is 7.07. The van der Waals surface area contributed by atoms with E-state index in [0.29, 0.717) is 15.7 Å². The third kappa shape index (κ3) is 1.83. The van der Waals surface area contributed by atoms with Gasteiger partial charge in [0.2, 0.25) is 9.84 Å². The molecule has 2 atom stereocenters. The van der Waals surface area contributed by atoms with Crippen molar-refractivity contribution in [1.29, 1.82) is 0 Å². The maximum Gasteiger partial charge on any atom is 0.203 e. The summed E-state index contributed by atoms with van der Waals surface area (Å²) in [6.45, 7) is 1.96. The first-order valence-electron chi connectivity index (χ1n) is 6.29. The molecule has 0 aromatic heterocycles. The second-order valence-electron chi connectivity index (χ2n) is 5.12. The zero-order chi connectivity index (χ0) is 12.8. The van der Waals surface area contributed by atoms with Crippen molar-refractivity contribution in [3.63, 3.8) is 0 Å². The highest BCUT2D eigenvalue weighted by atomic mass is 32.2. The molecule has 4 rings (SSSR count). The minimum Gasteiger partial charge on any atom is -0.219 e. The van der Waals surface area contributed by atoms with Crippen molar-refractivity contribution in [1.82, 2.24) is 0 Å². The van der Waals surface area contributed by atoms with Crippen LogP contribution in [0, 0.1) is 18.8 Å². The van der Waals surface area contributed by atoms with Gasteiger partial charge in [0.15, 0.2) is 0 Å². The van der Waals surface area contributed by atoms with Crippen LogP contribution >= 0.6 is 0 Å². The quantitative estimate of drug-likeness (QED) is 0.765. The lowest BCUT2D eigenvalue weighted by molar-refractivity contribution is 0.511. The van der Waals surface area contributed by atoms with Gasteiger partial charge in [0.25, 0.3) is 0 Å².